The molecule has 21 heavy (non-hydrogen) atoms. The van der Waals surface area contributed by atoms with Gasteiger partial charge in [-0.2, -0.15) is 4.98 Å². The monoisotopic (exact) mass is 349 g/mol. The molecule has 0 aliphatic heterocycles. The minimum absolute atomic E-state index is 0.135. The van der Waals surface area contributed by atoms with Crippen LogP contribution in [0.15, 0.2) is 39.9 Å². The Morgan fingerprint density at radius 2 is 2.10 bits per heavy atom. The van der Waals surface area contributed by atoms with Crippen molar-refractivity contribution < 1.29 is 5.11 Å². The molecule has 0 fully saturated rings. The third-order valence-electron chi connectivity index (χ3n) is 3.06. The number of aromatic amines is 2. The van der Waals surface area contributed by atoms with Crippen LogP contribution >= 0.6 is 15.9 Å². The summed E-state index contributed by atoms with van der Waals surface area (Å²) in [6, 6.07) is 7.14. The van der Waals surface area contributed by atoms with Crippen LogP contribution < -0.4 is 10.9 Å². The van der Waals surface area contributed by atoms with E-state index < -0.39 is 0 Å². The molecule has 1 aromatic carbocycles. The SMILES string of the molecule is O=c1[nH]c(N[C@@H](CO)c2ccc(Br)cc2)nc2nc[nH]c12. The van der Waals surface area contributed by atoms with Crippen LogP contribution in [-0.4, -0.2) is 31.6 Å². The normalized spacial score (nSPS) is 12.5. The van der Waals surface area contributed by atoms with Gasteiger partial charge in [0.15, 0.2) is 11.2 Å². The highest BCUT2D eigenvalue weighted by Crippen LogP contribution is 2.19. The van der Waals surface area contributed by atoms with E-state index in [-0.39, 0.29) is 24.2 Å². The summed E-state index contributed by atoms with van der Waals surface area (Å²) in [5.74, 6) is 0.265. The standard InChI is InChI=1S/C13H12BrN5O2/c14-8-3-1-7(2-4-8)9(5-20)17-13-18-11-10(12(21)19-13)15-6-16-11/h1-4,6,9,20H,5H2,(H3,15,16,17,18,19,21)/t9-/m0/s1. The second kappa shape index (κ2) is 5.66. The van der Waals surface area contributed by atoms with E-state index in [9.17, 15) is 9.90 Å². The molecule has 108 valence electrons. The van der Waals surface area contributed by atoms with Crippen molar-refractivity contribution in [1.82, 2.24) is 19.9 Å². The molecule has 3 aromatic rings. The van der Waals surface area contributed by atoms with E-state index in [0.717, 1.165) is 10.0 Å². The first-order chi connectivity index (χ1) is 10.2. The van der Waals surface area contributed by atoms with E-state index in [0.29, 0.717) is 11.2 Å². The molecule has 2 heterocycles. The molecule has 3 rings (SSSR count). The number of fused-ring (bicyclic) bond motifs is 1. The zero-order valence-corrected chi connectivity index (χ0v) is 12.4. The Morgan fingerprint density at radius 1 is 1.33 bits per heavy atom. The third-order valence-corrected chi connectivity index (χ3v) is 3.59. The fraction of sp³-hybridized carbons (Fsp3) is 0.154. The third kappa shape index (κ3) is 2.81. The zero-order valence-electron chi connectivity index (χ0n) is 10.8. The number of nitrogens with zero attached hydrogens (tertiary/aromatic N) is 2. The molecule has 0 spiro atoms. The fourth-order valence-corrected chi connectivity index (χ4v) is 2.27. The van der Waals surface area contributed by atoms with Gasteiger partial charge in [0.2, 0.25) is 5.95 Å². The van der Waals surface area contributed by atoms with Crippen molar-refractivity contribution in [1.29, 1.82) is 0 Å². The summed E-state index contributed by atoms with van der Waals surface area (Å²) in [5, 5.41) is 12.5. The van der Waals surface area contributed by atoms with Crippen LogP contribution in [0.25, 0.3) is 11.2 Å². The van der Waals surface area contributed by atoms with E-state index in [4.69, 9.17) is 0 Å². The lowest BCUT2D eigenvalue weighted by Crippen LogP contribution is -2.19. The van der Waals surface area contributed by atoms with Crippen LogP contribution in [0, 0.1) is 0 Å². The van der Waals surface area contributed by atoms with Crippen molar-refractivity contribution in [3.05, 3.63) is 51.0 Å². The number of H-pyrrole nitrogens is 2. The van der Waals surface area contributed by atoms with Gasteiger partial charge >= 0.3 is 0 Å². The molecule has 8 heteroatoms. The van der Waals surface area contributed by atoms with Gasteiger partial charge in [0.1, 0.15) is 0 Å². The first kappa shape index (κ1) is 13.8. The quantitative estimate of drug-likeness (QED) is 0.571. The number of anilines is 1. The van der Waals surface area contributed by atoms with Crippen molar-refractivity contribution in [3.8, 4) is 0 Å². The smallest absolute Gasteiger partial charge is 0.278 e. The lowest BCUT2D eigenvalue weighted by molar-refractivity contribution is 0.276. The summed E-state index contributed by atoms with van der Waals surface area (Å²) in [4.78, 5) is 25.3. The highest BCUT2D eigenvalue weighted by Gasteiger charge is 2.13. The van der Waals surface area contributed by atoms with E-state index in [1.807, 2.05) is 24.3 Å². The van der Waals surface area contributed by atoms with E-state index in [1.54, 1.807) is 0 Å². The van der Waals surface area contributed by atoms with Gasteiger partial charge in [0, 0.05) is 4.47 Å². The molecule has 2 aromatic heterocycles. The Kier molecular flexibility index (Phi) is 3.72. The van der Waals surface area contributed by atoms with Crippen LogP contribution in [-0.2, 0) is 0 Å². The van der Waals surface area contributed by atoms with Crippen LogP contribution in [0.5, 0.6) is 0 Å². The van der Waals surface area contributed by atoms with E-state index in [2.05, 4.69) is 41.2 Å². The number of rotatable bonds is 4. The van der Waals surface area contributed by atoms with E-state index in [1.165, 1.54) is 6.33 Å². The van der Waals surface area contributed by atoms with Gasteiger partial charge in [0.25, 0.3) is 5.56 Å². The molecule has 0 saturated heterocycles. The fourth-order valence-electron chi connectivity index (χ4n) is 2.01. The number of hydrogen-bond donors (Lipinski definition) is 4. The number of halogens is 1. The summed E-state index contributed by atoms with van der Waals surface area (Å²) < 4.78 is 0.951. The Morgan fingerprint density at radius 3 is 2.81 bits per heavy atom. The lowest BCUT2D eigenvalue weighted by atomic mass is 10.1. The van der Waals surface area contributed by atoms with Gasteiger partial charge in [-0.05, 0) is 17.7 Å². The van der Waals surface area contributed by atoms with Gasteiger partial charge in [0.05, 0.1) is 19.0 Å². The van der Waals surface area contributed by atoms with Gasteiger partial charge < -0.3 is 15.4 Å². The first-order valence-electron chi connectivity index (χ1n) is 6.23. The largest absolute Gasteiger partial charge is 0.394 e. The van der Waals surface area contributed by atoms with Crippen LogP contribution in [0.3, 0.4) is 0 Å². The molecule has 7 nitrogen and oxygen atoms in total. The summed E-state index contributed by atoms with van der Waals surface area (Å²) in [5.41, 5.74) is 1.22. The second-order valence-corrected chi connectivity index (χ2v) is 5.36. The molecular formula is C13H12BrN5O2. The number of hydrogen-bond acceptors (Lipinski definition) is 5. The Hall–Kier alpha value is -2.19. The van der Waals surface area contributed by atoms with E-state index >= 15 is 0 Å². The average molecular weight is 350 g/mol. The molecule has 4 N–H and O–H groups in total. The minimum atomic E-state index is -0.377. The number of benzene rings is 1. The molecule has 0 bridgehead atoms. The topological polar surface area (TPSA) is 107 Å². The Bertz CT molecular complexity index is 811. The predicted octanol–water partition coefficient (Wildman–Crippen LogP) is 1.55. The maximum Gasteiger partial charge on any atom is 0.278 e. The molecule has 0 aliphatic rings. The van der Waals surface area contributed by atoms with Crippen molar-refractivity contribution in [2.24, 2.45) is 0 Å². The molecule has 0 aliphatic carbocycles. The number of nitrogens with one attached hydrogen (secondary N) is 3. The predicted molar refractivity (Wildman–Crippen MR) is 82.1 cm³/mol. The molecule has 0 amide bonds. The Labute approximate surface area is 127 Å². The number of imidazole rings is 1. The lowest BCUT2D eigenvalue weighted by Gasteiger charge is -2.16. The van der Waals surface area contributed by atoms with Crippen LogP contribution in [0.4, 0.5) is 5.95 Å². The van der Waals surface area contributed by atoms with Gasteiger partial charge in [-0.25, -0.2) is 4.98 Å². The highest BCUT2D eigenvalue weighted by atomic mass is 79.9. The van der Waals surface area contributed by atoms with Crippen LogP contribution in [0.2, 0.25) is 0 Å². The minimum Gasteiger partial charge on any atom is -0.394 e. The van der Waals surface area contributed by atoms with Crippen molar-refractivity contribution in [2.75, 3.05) is 11.9 Å². The summed E-state index contributed by atoms with van der Waals surface area (Å²) in [7, 11) is 0. The molecule has 0 unspecified atom stereocenters. The van der Waals surface area contributed by atoms with Gasteiger partial charge in [-0.1, -0.05) is 28.1 Å². The van der Waals surface area contributed by atoms with Gasteiger partial charge in [-0.3, -0.25) is 9.78 Å². The summed E-state index contributed by atoms with van der Waals surface area (Å²) in [6.45, 7) is -0.135. The second-order valence-electron chi connectivity index (χ2n) is 4.45. The maximum atomic E-state index is 11.8. The number of aliphatic hydroxyl groups is 1. The number of aliphatic hydroxyl groups excluding tert-OH is 1. The Balaban J connectivity index is 1.91. The maximum absolute atomic E-state index is 11.8. The summed E-state index contributed by atoms with van der Waals surface area (Å²) >= 11 is 3.36. The molecule has 0 saturated carbocycles. The van der Waals surface area contributed by atoms with Crippen molar-refractivity contribution in [3.63, 3.8) is 0 Å². The molecule has 0 radical (unpaired) electrons. The van der Waals surface area contributed by atoms with Crippen molar-refractivity contribution >= 4 is 33.0 Å². The van der Waals surface area contributed by atoms with Gasteiger partial charge in [-0.15, -0.1) is 0 Å². The first-order valence-corrected chi connectivity index (χ1v) is 7.03. The van der Waals surface area contributed by atoms with Crippen molar-refractivity contribution in [2.45, 2.75) is 6.04 Å². The number of aromatic nitrogens is 4. The average Bonchev–Trinajstić information content (AvgIpc) is 2.95. The highest BCUT2D eigenvalue weighted by molar-refractivity contribution is 9.10. The summed E-state index contributed by atoms with van der Waals surface area (Å²) in [6.07, 6.45) is 1.41. The molecular weight excluding hydrogens is 338 g/mol. The molecule has 1 atom stereocenters. The zero-order chi connectivity index (χ0) is 14.8. The van der Waals surface area contributed by atoms with Crippen LogP contribution in [0.1, 0.15) is 11.6 Å².